The molecule has 4 aliphatic rings. The SMILES string of the molecule is O=C(Nc1ccc(Br)cc1)c1ccnc(C23CC4CC(CC(C4)C2)C3)c1. The van der Waals surface area contributed by atoms with Gasteiger partial charge in [-0.25, -0.2) is 0 Å². The Morgan fingerprint density at radius 2 is 1.62 bits per heavy atom. The third kappa shape index (κ3) is 2.88. The highest BCUT2D eigenvalue weighted by Crippen LogP contribution is 2.60. The second kappa shape index (κ2) is 6.19. The first-order valence-electron chi connectivity index (χ1n) is 9.63. The summed E-state index contributed by atoms with van der Waals surface area (Å²) in [6.45, 7) is 0. The molecule has 3 nitrogen and oxygen atoms in total. The molecule has 4 aliphatic carbocycles. The summed E-state index contributed by atoms with van der Waals surface area (Å²) in [5.74, 6) is 2.58. The van der Waals surface area contributed by atoms with Crippen LogP contribution in [0.15, 0.2) is 47.1 Å². The first-order chi connectivity index (χ1) is 12.6. The Kier molecular flexibility index (Phi) is 3.93. The number of amides is 1. The standard InChI is InChI=1S/C22H23BrN2O/c23-18-1-3-19(4-2-18)25-21(26)17-5-6-24-20(10-17)22-11-14-7-15(12-22)9-16(8-14)13-22/h1-6,10,14-16H,7-9,11-13H2,(H,25,26). The molecule has 0 atom stereocenters. The Hall–Kier alpha value is -1.68. The van der Waals surface area contributed by atoms with Crippen molar-refractivity contribution in [1.82, 2.24) is 4.98 Å². The molecule has 0 aliphatic heterocycles. The van der Waals surface area contributed by atoms with E-state index in [1.807, 2.05) is 36.5 Å². The molecule has 1 heterocycles. The predicted molar refractivity (Wildman–Crippen MR) is 106 cm³/mol. The number of hydrogen-bond donors (Lipinski definition) is 1. The van der Waals surface area contributed by atoms with Crippen LogP contribution < -0.4 is 5.32 Å². The van der Waals surface area contributed by atoms with E-state index in [1.54, 1.807) is 0 Å². The number of nitrogens with one attached hydrogen (secondary N) is 1. The lowest BCUT2D eigenvalue weighted by Gasteiger charge is -2.56. The predicted octanol–water partition coefficient (Wildman–Crippen LogP) is 5.56. The smallest absolute Gasteiger partial charge is 0.255 e. The molecular formula is C22H23BrN2O. The summed E-state index contributed by atoms with van der Waals surface area (Å²) in [6.07, 6.45) is 9.89. The van der Waals surface area contributed by atoms with Gasteiger partial charge >= 0.3 is 0 Å². The minimum atomic E-state index is -0.0549. The third-order valence-corrected chi connectivity index (χ3v) is 7.23. The minimum Gasteiger partial charge on any atom is -0.322 e. The summed E-state index contributed by atoms with van der Waals surface area (Å²) in [6, 6.07) is 11.6. The second-order valence-corrected chi connectivity index (χ2v) is 9.50. The number of nitrogens with zero attached hydrogens (tertiary/aromatic N) is 1. The van der Waals surface area contributed by atoms with Gasteiger partial charge < -0.3 is 5.32 Å². The number of anilines is 1. The van der Waals surface area contributed by atoms with E-state index in [-0.39, 0.29) is 11.3 Å². The summed E-state index contributed by atoms with van der Waals surface area (Å²) >= 11 is 3.42. The monoisotopic (exact) mass is 410 g/mol. The van der Waals surface area contributed by atoms with Crippen LogP contribution in [0.5, 0.6) is 0 Å². The van der Waals surface area contributed by atoms with Crippen molar-refractivity contribution >= 4 is 27.5 Å². The molecule has 134 valence electrons. The van der Waals surface area contributed by atoms with Gasteiger partial charge in [0.15, 0.2) is 0 Å². The zero-order valence-electron chi connectivity index (χ0n) is 14.7. The number of rotatable bonds is 3. The summed E-state index contributed by atoms with van der Waals surface area (Å²) < 4.78 is 1.00. The summed E-state index contributed by atoms with van der Waals surface area (Å²) in [5, 5.41) is 3.00. The van der Waals surface area contributed by atoms with Gasteiger partial charge in [0.25, 0.3) is 5.91 Å². The topological polar surface area (TPSA) is 42.0 Å². The fourth-order valence-corrected chi connectivity index (χ4v) is 6.29. The molecule has 0 saturated heterocycles. The molecule has 1 N–H and O–H groups in total. The fourth-order valence-electron chi connectivity index (χ4n) is 6.02. The number of benzene rings is 1. The van der Waals surface area contributed by atoms with Crippen molar-refractivity contribution in [2.45, 2.75) is 43.9 Å². The quantitative estimate of drug-likeness (QED) is 0.718. The van der Waals surface area contributed by atoms with E-state index < -0.39 is 0 Å². The first kappa shape index (κ1) is 16.5. The highest BCUT2D eigenvalue weighted by Gasteiger charge is 2.52. The number of hydrogen-bond acceptors (Lipinski definition) is 2. The van der Waals surface area contributed by atoms with E-state index >= 15 is 0 Å². The Morgan fingerprint density at radius 3 is 2.23 bits per heavy atom. The summed E-state index contributed by atoms with van der Waals surface area (Å²) in [5.41, 5.74) is 2.91. The van der Waals surface area contributed by atoms with Gasteiger partial charge in [0.05, 0.1) is 0 Å². The van der Waals surface area contributed by atoms with Crippen molar-refractivity contribution in [3.63, 3.8) is 0 Å². The van der Waals surface area contributed by atoms with Crippen LogP contribution in [0.3, 0.4) is 0 Å². The normalized spacial score (nSPS) is 31.8. The Labute approximate surface area is 162 Å². The lowest BCUT2D eigenvalue weighted by molar-refractivity contribution is -0.00721. The highest BCUT2D eigenvalue weighted by molar-refractivity contribution is 9.10. The maximum Gasteiger partial charge on any atom is 0.255 e. The third-order valence-electron chi connectivity index (χ3n) is 6.71. The van der Waals surface area contributed by atoms with Gasteiger partial charge in [-0.15, -0.1) is 0 Å². The van der Waals surface area contributed by atoms with Gasteiger partial charge in [-0.05, 0) is 92.7 Å². The van der Waals surface area contributed by atoms with Gasteiger partial charge in [0, 0.05) is 33.0 Å². The van der Waals surface area contributed by atoms with Crippen molar-refractivity contribution in [3.05, 3.63) is 58.3 Å². The van der Waals surface area contributed by atoms with E-state index in [9.17, 15) is 4.79 Å². The van der Waals surface area contributed by atoms with Crippen LogP contribution in [0, 0.1) is 17.8 Å². The Balaban J connectivity index is 1.40. The van der Waals surface area contributed by atoms with Gasteiger partial charge in [-0.1, -0.05) is 15.9 Å². The van der Waals surface area contributed by atoms with Crippen molar-refractivity contribution in [1.29, 1.82) is 0 Å². The van der Waals surface area contributed by atoms with Crippen LogP contribution in [0.1, 0.15) is 54.6 Å². The van der Waals surface area contributed by atoms with Gasteiger partial charge in [0.2, 0.25) is 0 Å². The molecule has 1 aromatic carbocycles. The van der Waals surface area contributed by atoms with Crippen LogP contribution >= 0.6 is 15.9 Å². The molecule has 4 heteroatoms. The van der Waals surface area contributed by atoms with Crippen molar-refractivity contribution in [2.75, 3.05) is 5.32 Å². The minimum absolute atomic E-state index is 0.0549. The fraction of sp³-hybridized carbons (Fsp3) is 0.455. The van der Waals surface area contributed by atoms with E-state index in [0.29, 0.717) is 5.56 Å². The Morgan fingerprint density at radius 1 is 1.00 bits per heavy atom. The van der Waals surface area contributed by atoms with E-state index in [4.69, 9.17) is 4.98 Å². The van der Waals surface area contributed by atoms with Crippen LogP contribution in [0.25, 0.3) is 0 Å². The molecule has 4 bridgehead atoms. The molecule has 0 radical (unpaired) electrons. The molecule has 0 unspecified atom stereocenters. The van der Waals surface area contributed by atoms with Gasteiger partial charge in [0.1, 0.15) is 0 Å². The van der Waals surface area contributed by atoms with Crippen LogP contribution in [-0.2, 0) is 5.41 Å². The van der Waals surface area contributed by atoms with Crippen LogP contribution in [0.4, 0.5) is 5.69 Å². The molecular weight excluding hydrogens is 388 g/mol. The lowest BCUT2D eigenvalue weighted by atomic mass is 9.48. The highest BCUT2D eigenvalue weighted by atomic mass is 79.9. The number of carbonyl (C=O) groups is 1. The second-order valence-electron chi connectivity index (χ2n) is 8.59. The average molecular weight is 411 g/mol. The summed E-state index contributed by atoms with van der Waals surface area (Å²) in [4.78, 5) is 17.5. The van der Waals surface area contributed by atoms with Crippen LogP contribution in [0.2, 0.25) is 0 Å². The van der Waals surface area contributed by atoms with Crippen molar-refractivity contribution in [2.24, 2.45) is 17.8 Å². The molecule has 4 saturated carbocycles. The average Bonchev–Trinajstić information content (AvgIpc) is 2.63. The van der Waals surface area contributed by atoms with E-state index in [0.717, 1.165) is 33.6 Å². The zero-order chi connectivity index (χ0) is 17.7. The maximum atomic E-state index is 12.7. The number of carbonyl (C=O) groups excluding carboxylic acids is 1. The van der Waals surface area contributed by atoms with Gasteiger partial charge in [-0.2, -0.15) is 0 Å². The molecule has 4 fully saturated rings. The largest absolute Gasteiger partial charge is 0.322 e. The maximum absolute atomic E-state index is 12.7. The van der Waals surface area contributed by atoms with Crippen molar-refractivity contribution < 1.29 is 4.79 Å². The van der Waals surface area contributed by atoms with Gasteiger partial charge in [-0.3, -0.25) is 9.78 Å². The van der Waals surface area contributed by atoms with E-state index in [2.05, 4.69) is 27.3 Å². The number of halogens is 1. The zero-order valence-corrected chi connectivity index (χ0v) is 16.3. The number of pyridine rings is 1. The molecule has 2 aromatic rings. The van der Waals surface area contributed by atoms with Crippen LogP contribution in [-0.4, -0.2) is 10.9 Å². The lowest BCUT2D eigenvalue weighted by Crippen LogP contribution is -2.49. The molecule has 6 rings (SSSR count). The Bertz CT molecular complexity index is 810. The first-order valence-corrected chi connectivity index (χ1v) is 10.4. The molecule has 0 spiro atoms. The number of aromatic nitrogens is 1. The van der Waals surface area contributed by atoms with Crippen molar-refractivity contribution in [3.8, 4) is 0 Å². The summed E-state index contributed by atoms with van der Waals surface area (Å²) in [7, 11) is 0. The molecule has 1 aromatic heterocycles. The molecule has 26 heavy (non-hydrogen) atoms. The molecule has 1 amide bonds. The van der Waals surface area contributed by atoms with E-state index in [1.165, 1.54) is 38.5 Å².